The van der Waals surface area contributed by atoms with Gasteiger partial charge in [-0.25, -0.2) is 9.97 Å². The highest BCUT2D eigenvalue weighted by Crippen LogP contribution is 2.30. The Kier molecular flexibility index (Phi) is 4.17. The number of benzene rings is 1. The SMILES string of the molecule is Cc1cc(N)nc(SCc2cccc(C(F)(F)F)c2)n1. The molecule has 0 unspecified atom stereocenters. The maximum Gasteiger partial charge on any atom is 0.416 e. The lowest BCUT2D eigenvalue weighted by molar-refractivity contribution is -0.137. The summed E-state index contributed by atoms with van der Waals surface area (Å²) in [5.74, 6) is 0.705. The summed E-state index contributed by atoms with van der Waals surface area (Å²) in [5, 5.41) is 0.458. The molecule has 0 fully saturated rings. The Hall–Kier alpha value is -1.76. The van der Waals surface area contributed by atoms with Crippen molar-refractivity contribution in [3.05, 3.63) is 47.2 Å². The van der Waals surface area contributed by atoms with Gasteiger partial charge in [0.2, 0.25) is 0 Å². The standard InChI is InChI=1S/C13H12F3N3S/c1-8-5-11(17)19-12(18-8)20-7-9-3-2-4-10(6-9)13(14,15)16/h2-6H,7H2,1H3,(H2,17,18,19). The topological polar surface area (TPSA) is 51.8 Å². The lowest BCUT2D eigenvalue weighted by atomic mass is 10.1. The molecule has 0 bridgehead atoms. The van der Waals surface area contributed by atoms with E-state index in [0.29, 0.717) is 22.3 Å². The van der Waals surface area contributed by atoms with Gasteiger partial charge in [-0.2, -0.15) is 13.2 Å². The van der Waals surface area contributed by atoms with Crippen molar-refractivity contribution in [1.29, 1.82) is 0 Å². The van der Waals surface area contributed by atoms with Gasteiger partial charge in [0.1, 0.15) is 5.82 Å². The molecule has 1 aromatic carbocycles. The Morgan fingerprint density at radius 2 is 1.95 bits per heavy atom. The van der Waals surface area contributed by atoms with E-state index in [2.05, 4.69) is 9.97 Å². The number of alkyl halides is 3. The fourth-order valence-electron chi connectivity index (χ4n) is 1.61. The second kappa shape index (κ2) is 5.70. The second-order valence-electron chi connectivity index (χ2n) is 4.20. The Morgan fingerprint density at radius 3 is 2.60 bits per heavy atom. The van der Waals surface area contributed by atoms with E-state index in [9.17, 15) is 13.2 Å². The van der Waals surface area contributed by atoms with Crippen molar-refractivity contribution in [3.8, 4) is 0 Å². The van der Waals surface area contributed by atoms with Crippen LogP contribution >= 0.6 is 11.8 Å². The van der Waals surface area contributed by atoms with Crippen LogP contribution in [0, 0.1) is 6.92 Å². The molecule has 0 aliphatic heterocycles. The first-order valence-corrected chi connectivity index (χ1v) is 6.73. The quantitative estimate of drug-likeness (QED) is 0.694. The highest BCUT2D eigenvalue weighted by Gasteiger charge is 2.30. The van der Waals surface area contributed by atoms with Crippen LogP contribution < -0.4 is 5.73 Å². The molecule has 0 saturated carbocycles. The third kappa shape index (κ3) is 3.86. The van der Waals surface area contributed by atoms with Crippen molar-refractivity contribution < 1.29 is 13.2 Å². The van der Waals surface area contributed by atoms with Gasteiger partial charge in [0.05, 0.1) is 5.56 Å². The van der Waals surface area contributed by atoms with Gasteiger partial charge in [0.25, 0.3) is 0 Å². The van der Waals surface area contributed by atoms with Gasteiger partial charge in [-0.05, 0) is 18.6 Å². The monoisotopic (exact) mass is 299 g/mol. The van der Waals surface area contributed by atoms with Gasteiger partial charge in [-0.3, -0.25) is 0 Å². The number of nitrogens with two attached hydrogens (primary N) is 1. The van der Waals surface area contributed by atoms with E-state index < -0.39 is 11.7 Å². The summed E-state index contributed by atoms with van der Waals surface area (Å²) < 4.78 is 37.8. The molecule has 2 N–H and O–H groups in total. The zero-order valence-electron chi connectivity index (χ0n) is 10.6. The van der Waals surface area contributed by atoms with Gasteiger partial charge < -0.3 is 5.73 Å². The van der Waals surface area contributed by atoms with Crippen LogP contribution in [0.1, 0.15) is 16.8 Å². The Morgan fingerprint density at radius 1 is 1.20 bits per heavy atom. The number of nitrogen functional groups attached to an aromatic ring is 1. The van der Waals surface area contributed by atoms with Crippen LogP contribution in [-0.2, 0) is 11.9 Å². The normalized spacial score (nSPS) is 11.6. The molecule has 106 valence electrons. The molecule has 2 rings (SSSR count). The summed E-state index contributed by atoms with van der Waals surface area (Å²) in [6.45, 7) is 1.78. The number of aromatic nitrogens is 2. The fourth-order valence-corrected chi connectivity index (χ4v) is 2.47. The van der Waals surface area contributed by atoms with Crippen molar-refractivity contribution in [3.63, 3.8) is 0 Å². The Balaban J connectivity index is 2.11. The van der Waals surface area contributed by atoms with Crippen LogP contribution in [0.4, 0.5) is 19.0 Å². The summed E-state index contributed by atoms with van der Waals surface area (Å²) in [4.78, 5) is 8.20. The lowest BCUT2D eigenvalue weighted by Crippen LogP contribution is -2.05. The second-order valence-corrected chi connectivity index (χ2v) is 5.15. The smallest absolute Gasteiger partial charge is 0.384 e. The number of hydrogen-bond acceptors (Lipinski definition) is 4. The summed E-state index contributed by atoms with van der Waals surface area (Å²) in [6.07, 6.45) is -4.33. The largest absolute Gasteiger partial charge is 0.416 e. The summed E-state index contributed by atoms with van der Waals surface area (Å²) >= 11 is 1.25. The van der Waals surface area contributed by atoms with Gasteiger partial charge in [0.15, 0.2) is 5.16 Å². The lowest BCUT2D eigenvalue weighted by Gasteiger charge is -2.08. The molecule has 0 amide bonds. The van der Waals surface area contributed by atoms with Crippen LogP contribution in [0.25, 0.3) is 0 Å². The molecular weight excluding hydrogens is 287 g/mol. The fraction of sp³-hybridized carbons (Fsp3) is 0.231. The first-order chi connectivity index (χ1) is 9.34. The number of halogens is 3. The van der Waals surface area contributed by atoms with Crippen LogP contribution in [-0.4, -0.2) is 9.97 Å². The van der Waals surface area contributed by atoms with E-state index >= 15 is 0 Å². The molecular formula is C13H12F3N3S. The first kappa shape index (κ1) is 14.6. The van der Waals surface area contributed by atoms with Gasteiger partial charge in [-0.15, -0.1) is 0 Å². The Bertz CT molecular complexity index is 594. The van der Waals surface area contributed by atoms with Crippen molar-refractivity contribution in [2.45, 2.75) is 24.0 Å². The molecule has 0 aliphatic carbocycles. The van der Waals surface area contributed by atoms with E-state index in [1.807, 2.05) is 0 Å². The van der Waals surface area contributed by atoms with Gasteiger partial charge in [-0.1, -0.05) is 30.0 Å². The van der Waals surface area contributed by atoms with E-state index in [1.165, 1.54) is 17.8 Å². The number of rotatable bonds is 3. The minimum absolute atomic E-state index is 0.351. The van der Waals surface area contributed by atoms with Crippen molar-refractivity contribution in [2.75, 3.05) is 5.73 Å². The molecule has 0 radical (unpaired) electrons. The number of nitrogens with zero attached hydrogens (tertiary/aromatic N) is 2. The highest BCUT2D eigenvalue weighted by atomic mass is 32.2. The molecule has 7 heteroatoms. The number of hydrogen-bond donors (Lipinski definition) is 1. The van der Waals surface area contributed by atoms with Crippen molar-refractivity contribution >= 4 is 17.6 Å². The first-order valence-electron chi connectivity index (χ1n) is 5.75. The van der Waals surface area contributed by atoms with Crippen molar-refractivity contribution in [2.24, 2.45) is 0 Å². The van der Waals surface area contributed by atoms with E-state index in [-0.39, 0.29) is 0 Å². The number of thioether (sulfide) groups is 1. The minimum Gasteiger partial charge on any atom is -0.384 e. The van der Waals surface area contributed by atoms with E-state index in [4.69, 9.17) is 5.73 Å². The Labute approximate surface area is 118 Å². The zero-order valence-corrected chi connectivity index (χ0v) is 11.4. The number of anilines is 1. The average molecular weight is 299 g/mol. The zero-order chi connectivity index (χ0) is 14.8. The average Bonchev–Trinajstić information content (AvgIpc) is 2.35. The predicted molar refractivity (Wildman–Crippen MR) is 72.2 cm³/mol. The maximum absolute atomic E-state index is 12.6. The molecule has 0 saturated heterocycles. The summed E-state index contributed by atoms with van der Waals surface area (Å²) in [6, 6.07) is 6.85. The molecule has 1 heterocycles. The van der Waals surface area contributed by atoms with Crippen LogP contribution in [0.3, 0.4) is 0 Å². The molecule has 0 aliphatic rings. The molecule has 1 aromatic heterocycles. The molecule has 2 aromatic rings. The molecule has 0 atom stereocenters. The van der Waals surface area contributed by atoms with Crippen molar-refractivity contribution in [1.82, 2.24) is 9.97 Å². The third-order valence-electron chi connectivity index (χ3n) is 2.48. The molecule has 3 nitrogen and oxygen atoms in total. The van der Waals surface area contributed by atoms with Gasteiger partial charge in [0, 0.05) is 17.5 Å². The number of aryl methyl sites for hydroxylation is 1. The van der Waals surface area contributed by atoms with Crippen LogP contribution in [0.5, 0.6) is 0 Å². The maximum atomic E-state index is 12.6. The summed E-state index contributed by atoms with van der Waals surface area (Å²) in [7, 11) is 0. The molecule has 20 heavy (non-hydrogen) atoms. The van der Waals surface area contributed by atoms with Crippen LogP contribution in [0.15, 0.2) is 35.5 Å². The highest BCUT2D eigenvalue weighted by molar-refractivity contribution is 7.98. The molecule has 0 spiro atoms. The van der Waals surface area contributed by atoms with E-state index in [0.717, 1.165) is 17.8 Å². The van der Waals surface area contributed by atoms with Crippen LogP contribution in [0.2, 0.25) is 0 Å². The minimum atomic E-state index is -4.33. The predicted octanol–water partition coefficient (Wildman–Crippen LogP) is 3.68. The third-order valence-corrected chi connectivity index (χ3v) is 3.39. The van der Waals surface area contributed by atoms with Gasteiger partial charge >= 0.3 is 6.18 Å². The van der Waals surface area contributed by atoms with E-state index in [1.54, 1.807) is 19.1 Å². The summed E-state index contributed by atoms with van der Waals surface area (Å²) in [5.41, 5.74) is 6.23.